The molecule has 0 radical (unpaired) electrons. The standard InChI is InChI=1S/C25H35F3N2O3/c1-16-13-20(25(26,27)28)8-6-18(16)14-23(31)29-21(15-30-10-4-5-11-30)24(32)19-7-9-22(33-3)17(2)12-19/h6-9,13,16-18,21,24,32H,4-5,10-12,14-15H2,1-3H3,(H,29,31)/t16?,17?,18?,21-,24-/m1/s1. The first kappa shape index (κ1) is 25.6. The number of carbonyl (C=O) groups excluding carboxylic acids is 1. The van der Waals surface area contributed by atoms with Gasteiger partial charge in [-0.3, -0.25) is 4.79 Å². The summed E-state index contributed by atoms with van der Waals surface area (Å²) < 4.78 is 44.2. The molecule has 0 spiro atoms. The van der Waals surface area contributed by atoms with Gasteiger partial charge >= 0.3 is 6.18 Å². The van der Waals surface area contributed by atoms with E-state index in [0.717, 1.165) is 43.3 Å². The third-order valence-corrected chi connectivity index (χ3v) is 6.88. The van der Waals surface area contributed by atoms with E-state index in [1.54, 1.807) is 14.0 Å². The minimum atomic E-state index is -4.38. The number of aliphatic hydroxyl groups is 1. The first-order valence-electron chi connectivity index (χ1n) is 11.7. The van der Waals surface area contributed by atoms with Crippen molar-refractivity contribution < 1.29 is 27.8 Å². The molecule has 0 aromatic rings. The van der Waals surface area contributed by atoms with Gasteiger partial charge in [0.05, 0.1) is 30.6 Å². The first-order chi connectivity index (χ1) is 15.6. The Kier molecular flexibility index (Phi) is 8.45. The summed E-state index contributed by atoms with van der Waals surface area (Å²) in [6, 6.07) is -0.490. The third-order valence-electron chi connectivity index (χ3n) is 6.88. The number of carbonyl (C=O) groups is 1. The predicted octanol–water partition coefficient (Wildman–Crippen LogP) is 4.13. The van der Waals surface area contributed by atoms with Crippen LogP contribution in [0.3, 0.4) is 0 Å². The molecule has 184 valence electrons. The van der Waals surface area contributed by atoms with Gasteiger partial charge in [0.1, 0.15) is 0 Å². The van der Waals surface area contributed by atoms with E-state index in [0.29, 0.717) is 13.0 Å². The van der Waals surface area contributed by atoms with E-state index < -0.39 is 29.8 Å². The number of likely N-dealkylation sites (tertiary alicyclic amines) is 1. The van der Waals surface area contributed by atoms with Gasteiger partial charge in [-0.15, -0.1) is 0 Å². The van der Waals surface area contributed by atoms with E-state index in [-0.39, 0.29) is 24.2 Å². The van der Waals surface area contributed by atoms with E-state index >= 15 is 0 Å². The van der Waals surface area contributed by atoms with E-state index in [2.05, 4.69) is 10.2 Å². The highest BCUT2D eigenvalue weighted by molar-refractivity contribution is 5.77. The normalized spacial score (nSPS) is 28.0. The maximum Gasteiger partial charge on any atom is 0.416 e. The largest absolute Gasteiger partial charge is 0.501 e. The second kappa shape index (κ2) is 10.9. The Labute approximate surface area is 194 Å². The predicted molar refractivity (Wildman–Crippen MR) is 121 cm³/mol. The number of halogens is 3. The number of alkyl halides is 3. The molecule has 3 unspecified atom stereocenters. The number of allylic oxidation sites excluding steroid dienone is 7. The van der Waals surface area contributed by atoms with Crippen LogP contribution >= 0.6 is 0 Å². The molecule has 1 amide bonds. The zero-order chi connectivity index (χ0) is 24.2. The number of amides is 1. The highest BCUT2D eigenvalue weighted by Crippen LogP contribution is 2.34. The monoisotopic (exact) mass is 468 g/mol. The number of ether oxygens (including phenoxy) is 1. The molecule has 0 saturated carbocycles. The van der Waals surface area contributed by atoms with Gasteiger partial charge in [-0.25, -0.2) is 0 Å². The number of hydrogen-bond acceptors (Lipinski definition) is 4. The van der Waals surface area contributed by atoms with Crippen molar-refractivity contribution in [2.75, 3.05) is 26.7 Å². The third kappa shape index (κ3) is 6.73. The Morgan fingerprint density at radius 1 is 1.27 bits per heavy atom. The summed E-state index contributed by atoms with van der Waals surface area (Å²) in [5.74, 6) is 0.00729. The molecule has 5 atom stereocenters. The highest BCUT2D eigenvalue weighted by Gasteiger charge is 2.35. The van der Waals surface area contributed by atoms with Crippen LogP contribution in [0.4, 0.5) is 13.2 Å². The van der Waals surface area contributed by atoms with E-state index in [1.165, 1.54) is 12.2 Å². The maximum absolute atomic E-state index is 13.0. The number of aliphatic hydroxyl groups excluding tert-OH is 1. The Bertz CT molecular complexity index is 825. The minimum Gasteiger partial charge on any atom is -0.501 e. The molecule has 3 rings (SSSR count). The highest BCUT2D eigenvalue weighted by atomic mass is 19.4. The van der Waals surface area contributed by atoms with Gasteiger partial charge in [-0.05, 0) is 55.8 Å². The van der Waals surface area contributed by atoms with Crippen molar-refractivity contribution in [1.82, 2.24) is 10.2 Å². The molecule has 2 aliphatic carbocycles. The summed E-state index contributed by atoms with van der Waals surface area (Å²) in [6.45, 7) is 6.11. The molecule has 1 aliphatic heterocycles. The van der Waals surface area contributed by atoms with Gasteiger partial charge in [-0.2, -0.15) is 13.2 Å². The molecule has 1 heterocycles. The molecule has 8 heteroatoms. The lowest BCUT2D eigenvalue weighted by Crippen LogP contribution is -2.51. The Hall–Kier alpha value is -2.06. The zero-order valence-corrected chi connectivity index (χ0v) is 19.6. The van der Waals surface area contributed by atoms with Crippen LogP contribution in [0.25, 0.3) is 0 Å². The van der Waals surface area contributed by atoms with Gasteiger partial charge in [-0.1, -0.05) is 38.2 Å². The molecular formula is C25H35F3N2O3. The van der Waals surface area contributed by atoms with Crippen molar-refractivity contribution in [1.29, 1.82) is 0 Å². The lowest BCUT2D eigenvalue weighted by molar-refractivity contribution is -0.123. The van der Waals surface area contributed by atoms with Crippen LogP contribution in [0.2, 0.25) is 0 Å². The summed E-state index contributed by atoms with van der Waals surface area (Å²) in [4.78, 5) is 15.1. The van der Waals surface area contributed by atoms with Gasteiger partial charge in [0, 0.05) is 18.9 Å². The summed E-state index contributed by atoms with van der Waals surface area (Å²) in [6.07, 6.45) is 5.11. The van der Waals surface area contributed by atoms with E-state index in [1.807, 2.05) is 19.1 Å². The lowest BCUT2D eigenvalue weighted by atomic mass is 9.84. The fourth-order valence-corrected chi connectivity index (χ4v) is 4.88. The zero-order valence-electron chi connectivity index (χ0n) is 19.6. The second-order valence-corrected chi connectivity index (χ2v) is 9.45. The minimum absolute atomic E-state index is 0.0751. The van der Waals surface area contributed by atoms with Crippen molar-refractivity contribution in [3.05, 3.63) is 47.3 Å². The van der Waals surface area contributed by atoms with Crippen LogP contribution in [0.5, 0.6) is 0 Å². The summed E-state index contributed by atoms with van der Waals surface area (Å²) in [7, 11) is 1.63. The summed E-state index contributed by atoms with van der Waals surface area (Å²) >= 11 is 0. The van der Waals surface area contributed by atoms with Crippen LogP contribution < -0.4 is 5.32 Å². The van der Waals surface area contributed by atoms with Crippen LogP contribution in [-0.4, -0.2) is 61.0 Å². The fourth-order valence-electron chi connectivity index (χ4n) is 4.88. The fraction of sp³-hybridized carbons (Fsp3) is 0.640. The van der Waals surface area contributed by atoms with Crippen LogP contribution in [0, 0.1) is 17.8 Å². The molecule has 33 heavy (non-hydrogen) atoms. The number of nitrogens with zero attached hydrogens (tertiary/aromatic N) is 1. The molecule has 1 saturated heterocycles. The van der Waals surface area contributed by atoms with Crippen molar-refractivity contribution in [2.45, 2.75) is 57.9 Å². The molecule has 0 bridgehead atoms. The number of rotatable bonds is 8. The molecule has 0 aromatic heterocycles. The summed E-state index contributed by atoms with van der Waals surface area (Å²) in [5, 5.41) is 14.2. The van der Waals surface area contributed by atoms with E-state index in [4.69, 9.17) is 4.74 Å². The molecule has 1 fully saturated rings. The number of hydrogen-bond donors (Lipinski definition) is 2. The summed E-state index contributed by atoms with van der Waals surface area (Å²) in [5.41, 5.74) is 0.173. The Morgan fingerprint density at radius 3 is 2.55 bits per heavy atom. The molecule has 0 aromatic carbocycles. The quantitative estimate of drug-likeness (QED) is 0.563. The van der Waals surface area contributed by atoms with Crippen LogP contribution in [0.1, 0.15) is 39.5 Å². The number of methoxy groups -OCH3 is 1. The van der Waals surface area contributed by atoms with Crippen molar-refractivity contribution >= 4 is 5.91 Å². The van der Waals surface area contributed by atoms with Crippen molar-refractivity contribution in [3.8, 4) is 0 Å². The Morgan fingerprint density at radius 2 is 1.97 bits per heavy atom. The topological polar surface area (TPSA) is 61.8 Å². The van der Waals surface area contributed by atoms with Crippen molar-refractivity contribution in [3.63, 3.8) is 0 Å². The maximum atomic E-state index is 13.0. The molecule has 3 aliphatic rings. The van der Waals surface area contributed by atoms with Crippen LogP contribution in [0.15, 0.2) is 47.3 Å². The second-order valence-electron chi connectivity index (χ2n) is 9.45. The molecule has 5 nitrogen and oxygen atoms in total. The SMILES string of the molecule is COC1=CC=C([C@@H](O)[C@@H](CN2CCCC2)NC(=O)CC2C=CC(C(F)(F)F)=CC2C)CC1C. The average Bonchev–Trinajstić information content (AvgIpc) is 3.26. The van der Waals surface area contributed by atoms with E-state index in [9.17, 15) is 23.1 Å². The average molecular weight is 469 g/mol. The van der Waals surface area contributed by atoms with Crippen LogP contribution in [-0.2, 0) is 9.53 Å². The van der Waals surface area contributed by atoms with Gasteiger partial charge < -0.3 is 20.1 Å². The number of nitrogens with one attached hydrogen (secondary N) is 1. The smallest absolute Gasteiger partial charge is 0.416 e. The first-order valence-corrected chi connectivity index (χ1v) is 11.7. The lowest BCUT2D eigenvalue weighted by Gasteiger charge is -2.32. The Balaban J connectivity index is 1.67. The van der Waals surface area contributed by atoms with Gasteiger partial charge in [0.2, 0.25) is 5.91 Å². The van der Waals surface area contributed by atoms with Gasteiger partial charge in [0.25, 0.3) is 0 Å². The molecular weight excluding hydrogens is 433 g/mol. The van der Waals surface area contributed by atoms with Crippen molar-refractivity contribution in [2.24, 2.45) is 17.8 Å². The molecule has 2 N–H and O–H groups in total. The van der Waals surface area contributed by atoms with Gasteiger partial charge in [0.15, 0.2) is 0 Å².